The summed E-state index contributed by atoms with van der Waals surface area (Å²) < 4.78 is 1.72. The van der Waals surface area contributed by atoms with E-state index in [0.29, 0.717) is 24.7 Å². The molecule has 3 heterocycles. The number of fused-ring (bicyclic) bond motifs is 2. The first-order valence-corrected chi connectivity index (χ1v) is 12.3. The number of aliphatic hydroxyl groups excluding tert-OH is 1. The summed E-state index contributed by atoms with van der Waals surface area (Å²) in [5.41, 5.74) is 5.33. The highest BCUT2D eigenvalue weighted by molar-refractivity contribution is 5.59. The highest BCUT2D eigenvalue weighted by Gasteiger charge is 2.37. The standard InChI is InChI=1S/C28H34N4O2/c1-27(2)10-11-28(3,4)22-16-20(6-7-21(22)27)24(33)18-31-14-5-15-32-25(34)17-23(30-26(31)32)19-8-12-29-13-9-19/h6-9,12-13,16-17,24,33H,5,10-11,14-15,18H2,1-4H3. The quantitative estimate of drug-likeness (QED) is 0.619. The summed E-state index contributed by atoms with van der Waals surface area (Å²) in [7, 11) is 0. The van der Waals surface area contributed by atoms with E-state index in [1.54, 1.807) is 23.0 Å². The lowest BCUT2D eigenvalue weighted by Gasteiger charge is -2.42. The van der Waals surface area contributed by atoms with E-state index in [1.165, 1.54) is 17.5 Å². The number of aliphatic hydroxyl groups is 1. The summed E-state index contributed by atoms with van der Waals surface area (Å²) >= 11 is 0. The second-order valence-corrected chi connectivity index (χ2v) is 11.1. The predicted octanol–water partition coefficient (Wildman–Crippen LogP) is 4.60. The molecule has 6 heteroatoms. The molecule has 0 saturated carbocycles. The molecule has 1 atom stereocenters. The van der Waals surface area contributed by atoms with Crippen LogP contribution in [0.3, 0.4) is 0 Å². The van der Waals surface area contributed by atoms with E-state index in [9.17, 15) is 9.90 Å². The first-order valence-electron chi connectivity index (χ1n) is 12.3. The number of hydrogen-bond donors (Lipinski definition) is 1. The Balaban J connectivity index is 1.47. The van der Waals surface area contributed by atoms with Crippen LogP contribution in [0.5, 0.6) is 0 Å². The molecule has 178 valence electrons. The number of pyridine rings is 1. The van der Waals surface area contributed by atoms with Crippen LogP contribution in [0.1, 0.15) is 69.8 Å². The van der Waals surface area contributed by atoms with Gasteiger partial charge in [-0.05, 0) is 58.9 Å². The van der Waals surface area contributed by atoms with Crippen LogP contribution >= 0.6 is 0 Å². The third kappa shape index (κ3) is 4.05. The molecule has 1 N–H and O–H groups in total. The van der Waals surface area contributed by atoms with Crippen molar-refractivity contribution in [1.29, 1.82) is 0 Å². The van der Waals surface area contributed by atoms with E-state index >= 15 is 0 Å². The van der Waals surface area contributed by atoms with Crippen LogP contribution in [0.2, 0.25) is 0 Å². The lowest BCUT2D eigenvalue weighted by Crippen LogP contribution is -2.40. The van der Waals surface area contributed by atoms with Gasteiger partial charge in [0.25, 0.3) is 5.56 Å². The summed E-state index contributed by atoms with van der Waals surface area (Å²) in [6, 6.07) is 11.8. The summed E-state index contributed by atoms with van der Waals surface area (Å²) in [4.78, 5) is 23.8. The van der Waals surface area contributed by atoms with Crippen LogP contribution < -0.4 is 10.5 Å². The van der Waals surface area contributed by atoms with Crippen molar-refractivity contribution in [3.8, 4) is 11.3 Å². The van der Waals surface area contributed by atoms with Crippen LogP contribution in [0.15, 0.2) is 53.6 Å². The molecular weight excluding hydrogens is 424 g/mol. The maximum absolute atomic E-state index is 12.9. The molecular formula is C28H34N4O2. The zero-order valence-corrected chi connectivity index (χ0v) is 20.6. The topological polar surface area (TPSA) is 71.2 Å². The first kappa shape index (κ1) is 22.8. The lowest BCUT2D eigenvalue weighted by atomic mass is 9.63. The molecule has 1 unspecified atom stereocenters. The Morgan fingerprint density at radius 2 is 1.68 bits per heavy atom. The van der Waals surface area contributed by atoms with Gasteiger partial charge in [-0.15, -0.1) is 0 Å². The Labute approximate surface area is 201 Å². The molecule has 0 bridgehead atoms. The Morgan fingerprint density at radius 3 is 2.41 bits per heavy atom. The van der Waals surface area contributed by atoms with Gasteiger partial charge in [-0.1, -0.05) is 45.9 Å². The van der Waals surface area contributed by atoms with Crippen molar-refractivity contribution in [3.05, 3.63) is 75.8 Å². The molecule has 3 aromatic rings. The van der Waals surface area contributed by atoms with E-state index in [4.69, 9.17) is 4.98 Å². The first-order chi connectivity index (χ1) is 16.2. The average Bonchev–Trinajstić information content (AvgIpc) is 2.83. The Kier molecular flexibility index (Phi) is 5.59. The smallest absolute Gasteiger partial charge is 0.255 e. The van der Waals surface area contributed by atoms with E-state index < -0.39 is 6.10 Å². The Bertz CT molecular complexity index is 1260. The summed E-state index contributed by atoms with van der Waals surface area (Å²) in [6.45, 7) is 11.0. The van der Waals surface area contributed by atoms with Gasteiger partial charge < -0.3 is 10.0 Å². The largest absolute Gasteiger partial charge is 0.387 e. The van der Waals surface area contributed by atoms with E-state index in [1.807, 2.05) is 12.1 Å². The molecule has 1 aromatic carbocycles. The minimum absolute atomic E-state index is 0.0613. The van der Waals surface area contributed by atoms with E-state index in [0.717, 1.165) is 30.5 Å². The molecule has 0 amide bonds. The SMILES string of the molecule is CC1(C)CCC(C)(C)c2cc(C(O)CN3CCCn4c3nc(-c3ccncc3)cc4=O)ccc21. The molecule has 0 saturated heterocycles. The number of aromatic nitrogens is 3. The molecule has 2 aliphatic rings. The average molecular weight is 459 g/mol. The number of benzene rings is 1. The molecule has 2 aromatic heterocycles. The normalized spacial score (nSPS) is 19.3. The molecule has 6 nitrogen and oxygen atoms in total. The van der Waals surface area contributed by atoms with Gasteiger partial charge in [0.15, 0.2) is 0 Å². The van der Waals surface area contributed by atoms with Crippen molar-refractivity contribution >= 4 is 5.95 Å². The molecule has 0 radical (unpaired) electrons. The van der Waals surface area contributed by atoms with E-state index in [-0.39, 0.29) is 16.4 Å². The van der Waals surface area contributed by atoms with Gasteiger partial charge in [-0.3, -0.25) is 14.3 Å². The van der Waals surface area contributed by atoms with Crippen molar-refractivity contribution in [2.45, 2.75) is 70.4 Å². The second kappa shape index (κ2) is 8.35. The monoisotopic (exact) mass is 458 g/mol. The highest BCUT2D eigenvalue weighted by Crippen LogP contribution is 2.46. The minimum atomic E-state index is -0.667. The van der Waals surface area contributed by atoms with Crippen LogP contribution in [-0.4, -0.2) is 32.7 Å². The number of β-amino-alcohol motifs (C(OH)–C–C–N with tert-alkyl or cyclic N) is 1. The van der Waals surface area contributed by atoms with Gasteiger partial charge in [0.2, 0.25) is 5.95 Å². The highest BCUT2D eigenvalue weighted by atomic mass is 16.3. The van der Waals surface area contributed by atoms with Gasteiger partial charge in [0.1, 0.15) is 0 Å². The Morgan fingerprint density at radius 1 is 0.971 bits per heavy atom. The predicted molar refractivity (Wildman–Crippen MR) is 135 cm³/mol. The molecule has 1 aliphatic carbocycles. The maximum Gasteiger partial charge on any atom is 0.255 e. The van der Waals surface area contributed by atoms with Crippen LogP contribution in [-0.2, 0) is 17.4 Å². The van der Waals surface area contributed by atoms with Crippen LogP contribution in [0.4, 0.5) is 5.95 Å². The van der Waals surface area contributed by atoms with Crippen molar-refractivity contribution in [2.24, 2.45) is 0 Å². The number of anilines is 1. The molecule has 0 spiro atoms. The fourth-order valence-corrected chi connectivity index (χ4v) is 5.44. The van der Waals surface area contributed by atoms with Crippen LogP contribution in [0, 0.1) is 0 Å². The van der Waals surface area contributed by atoms with Crippen molar-refractivity contribution in [3.63, 3.8) is 0 Å². The van der Waals surface area contributed by atoms with Gasteiger partial charge in [0, 0.05) is 37.1 Å². The number of hydrogen-bond acceptors (Lipinski definition) is 5. The zero-order chi connectivity index (χ0) is 24.1. The van der Waals surface area contributed by atoms with Crippen LogP contribution in [0.25, 0.3) is 11.3 Å². The second-order valence-electron chi connectivity index (χ2n) is 11.1. The fraction of sp³-hybridized carbons (Fsp3) is 0.464. The zero-order valence-electron chi connectivity index (χ0n) is 20.6. The van der Waals surface area contributed by atoms with Gasteiger partial charge in [0.05, 0.1) is 18.3 Å². The van der Waals surface area contributed by atoms with E-state index in [2.05, 4.69) is 55.8 Å². The van der Waals surface area contributed by atoms with Gasteiger partial charge >= 0.3 is 0 Å². The van der Waals surface area contributed by atoms with Crippen molar-refractivity contribution < 1.29 is 5.11 Å². The molecule has 0 fully saturated rings. The summed E-state index contributed by atoms with van der Waals surface area (Å²) in [5.74, 6) is 0.629. The number of rotatable bonds is 4. The third-order valence-corrected chi connectivity index (χ3v) is 7.71. The summed E-state index contributed by atoms with van der Waals surface area (Å²) in [6.07, 6.45) is 5.89. The fourth-order valence-electron chi connectivity index (χ4n) is 5.44. The van der Waals surface area contributed by atoms with Gasteiger partial charge in [-0.25, -0.2) is 4.98 Å². The third-order valence-electron chi connectivity index (χ3n) is 7.71. The molecule has 34 heavy (non-hydrogen) atoms. The lowest BCUT2D eigenvalue weighted by molar-refractivity contribution is 0.180. The van der Waals surface area contributed by atoms with Crippen molar-refractivity contribution in [2.75, 3.05) is 18.0 Å². The number of nitrogens with zero attached hydrogens (tertiary/aromatic N) is 4. The molecule has 5 rings (SSSR count). The van der Waals surface area contributed by atoms with Crippen molar-refractivity contribution in [1.82, 2.24) is 14.5 Å². The molecule has 1 aliphatic heterocycles. The minimum Gasteiger partial charge on any atom is -0.387 e. The van der Waals surface area contributed by atoms with Gasteiger partial charge in [-0.2, -0.15) is 0 Å². The Hall–Kier alpha value is -2.99. The maximum atomic E-state index is 12.9. The summed E-state index contributed by atoms with van der Waals surface area (Å²) in [5, 5.41) is 11.3.